The van der Waals surface area contributed by atoms with Crippen molar-refractivity contribution in [2.24, 2.45) is 0 Å². The molecule has 11 nitrogen and oxygen atoms in total. The topological polar surface area (TPSA) is 137 Å². The number of barbiturate groups is 1. The minimum atomic E-state index is -0.860. The third-order valence-electron chi connectivity index (χ3n) is 5.39. The first-order valence-electron chi connectivity index (χ1n) is 10.1. The first-order valence-corrected chi connectivity index (χ1v) is 10.1. The van der Waals surface area contributed by atoms with E-state index >= 15 is 0 Å². The summed E-state index contributed by atoms with van der Waals surface area (Å²) in [6, 6.07) is 8.25. The second kappa shape index (κ2) is 8.62. The normalized spacial score (nSPS) is 15.0. The summed E-state index contributed by atoms with van der Waals surface area (Å²) in [4.78, 5) is 53.3. The molecule has 1 fully saturated rings. The summed E-state index contributed by atoms with van der Waals surface area (Å²) in [5, 5.41) is 13.3. The molecular formula is C23H19N5O6. The molecular weight excluding hydrogens is 442 g/mol. The predicted octanol–water partition coefficient (Wildman–Crippen LogP) is 3.07. The van der Waals surface area contributed by atoms with Gasteiger partial charge in [-0.25, -0.2) is 9.69 Å². The number of urea groups is 1. The maximum absolute atomic E-state index is 13.1. The van der Waals surface area contributed by atoms with Gasteiger partial charge in [-0.1, -0.05) is 0 Å². The van der Waals surface area contributed by atoms with E-state index in [0.717, 1.165) is 10.6 Å². The number of nitrogens with zero attached hydrogens (tertiary/aromatic N) is 4. The molecule has 3 heterocycles. The monoisotopic (exact) mass is 461 g/mol. The van der Waals surface area contributed by atoms with Crippen LogP contribution in [0.4, 0.5) is 16.2 Å². The van der Waals surface area contributed by atoms with E-state index in [-0.39, 0.29) is 22.7 Å². The van der Waals surface area contributed by atoms with Gasteiger partial charge in [-0.3, -0.25) is 30.0 Å². The molecule has 0 saturated carbocycles. The van der Waals surface area contributed by atoms with Crippen molar-refractivity contribution in [2.45, 2.75) is 13.8 Å². The molecule has 1 N–H and O–H groups in total. The van der Waals surface area contributed by atoms with E-state index in [4.69, 9.17) is 4.74 Å². The Kier molecular flexibility index (Phi) is 5.68. The number of nitro benzene ring substituents is 1. The van der Waals surface area contributed by atoms with Crippen molar-refractivity contribution in [1.29, 1.82) is 0 Å². The highest BCUT2D eigenvalue weighted by Gasteiger charge is 2.37. The van der Waals surface area contributed by atoms with Crippen molar-refractivity contribution in [2.75, 3.05) is 12.0 Å². The number of amides is 4. The summed E-state index contributed by atoms with van der Waals surface area (Å²) in [5.41, 5.74) is 2.39. The number of imide groups is 2. The standard InChI is InChI=1S/C23H19N5O6/c1-13-9-15(14(2)26(13)19-7-6-16(28(32)33)11-20(19)34-3)10-18-21(29)25-23(31)27(22(18)30)17-5-4-8-24-12-17/h4-12H,1-3H3,(H,25,29,31)/b18-10+. The number of carbonyl (C=O) groups is 3. The summed E-state index contributed by atoms with van der Waals surface area (Å²) < 4.78 is 7.16. The highest BCUT2D eigenvalue weighted by Crippen LogP contribution is 2.32. The van der Waals surface area contributed by atoms with Crippen LogP contribution >= 0.6 is 0 Å². The fraction of sp³-hybridized carbons (Fsp3) is 0.130. The molecule has 0 spiro atoms. The molecule has 0 aliphatic carbocycles. The Balaban J connectivity index is 1.78. The summed E-state index contributed by atoms with van der Waals surface area (Å²) >= 11 is 0. The second-order valence-electron chi connectivity index (χ2n) is 7.44. The van der Waals surface area contributed by atoms with Crippen LogP contribution in [0, 0.1) is 24.0 Å². The number of hydrogen-bond donors (Lipinski definition) is 1. The van der Waals surface area contributed by atoms with Gasteiger partial charge >= 0.3 is 6.03 Å². The molecule has 0 radical (unpaired) electrons. The number of non-ortho nitro benzene ring substituents is 1. The molecule has 2 aromatic heterocycles. The number of pyridine rings is 1. The van der Waals surface area contributed by atoms with Gasteiger partial charge in [0.25, 0.3) is 17.5 Å². The number of nitrogens with one attached hydrogen (secondary N) is 1. The van der Waals surface area contributed by atoms with Gasteiger partial charge in [0.2, 0.25) is 0 Å². The number of benzene rings is 1. The smallest absolute Gasteiger partial charge is 0.336 e. The molecule has 4 amide bonds. The van der Waals surface area contributed by atoms with Gasteiger partial charge in [-0.2, -0.15) is 0 Å². The number of ether oxygens (including phenoxy) is 1. The minimum Gasteiger partial charge on any atom is -0.494 e. The highest BCUT2D eigenvalue weighted by molar-refractivity contribution is 6.39. The van der Waals surface area contributed by atoms with Crippen molar-refractivity contribution in [1.82, 2.24) is 14.9 Å². The number of aromatic nitrogens is 2. The average Bonchev–Trinajstić information content (AvgIpc) is 3.09. The zero-order valence-corrected chi connectivity index (χ0v) is 18.4. The first kappa shape index (κ1) is 22.4. The third-order valence-corrected chi connectivity index (χ3v) is 5.39. The van der Waals surface area contributed by atoms with Crippen LogP contribution in [0.5, 0.6) is 5.75 Å². The van der Waals surface area contributed by atoms with Crippen LogP contribution in [-0.2, 0) is 9.59 Å². The van der Waals surface area contributed by atoms with E-state index < -0.39 is 22.8 Å². The number of methoxy groups -OCH3 is 1. The fourth-order valence-electron chi connectivity index (χ4n) is 3.80. The molecule has 1 aliphatic heterocycles. The molecule has 34 heavy (non-hydrogen) atoms. The zero-order valence-electron chi connectivity index (χ0n) is 18.4. The van der Waals surface area contributed by atoms with Crippen LogP contribution < -0.4 is 15.0 Å². The van der Waals surface area contributed by atoms with Gasteiger partial charge in [0.1, 0.15) is 11.3 Å². The van der Waals surface area contributed by atoms with Crippen molar-refractivity contribution in [3.8, 4) is 11.4 Å². The molecule has 3 aromatic rings. The van der Waals surface area contributed by atoms with E-state index in [1.165, 1.54) is 43.8 Å². The van der Waals surface area contributed by atoms with Crippen molar-refractivity contribution in [3.63, 3.8) is 0 Å². The highest BCUT2D eigenvalue weighted by atomic mass is 16.6. The van der Waals surface area contributed by atoms with E-state index in [0.29, 0.717) is 16.9 Å². The average molecular weight is 461 g/mol. The Bertz CT molecular complexity index is 1380. The molecule has 11 heteroatoms. The van der Waals surface area contributed by atoms with Crippen LogP contribution in [-0.4, -0.2) is 39.4 Å². The molecule has 1 aromatic carbocycles. The van der Waals surface area contributed by atoms with Crippen molar-refractivity contribution in [3.05, 3.63) is 81.4 Å². The Morgan fingerprint density at radius 3 is 2.56 bits per heavy atom. The van der Waals surface area contributed by atoms with Crippen molar-refractivity contribution < 1.29 is 24.0 Å². The Labute approximate surface area is 193 Å². The minimum absolute atomic E-state index is 0.116. The second-order valence-corrected chi connectivity index (χ2v) is 7.44. The van der Waals surface area contributed by atoms with Gasteiger partial charge in [-0.05, 0) is 49.8 Å². The molecule has 0 atom stereocenters. The van der Waals surface area contributed by atoms with E-state index in [2.05, 4.69) is 10.3 Å². The number of aryl methyl sites for hydroxylation is 1. The lowest BCUT2D eigenvalue weighted by atomic mass is 10.1. The summed E-state index contributed by atoms with van der Waals surface area (Å²) in [7, 11) is 1.41. The van der Waals surface area contributed by atoms with E-state index in [1.54, 1.807) is 29.7 Å². The largest absolute Gasteiger partial charge is 0.494 e. The van der Waals surface area contributed by atoms with Crippen LogP contribution in [0.2, 0.25) is 0 Å². The molecule has 4 rings (SSSR count). The number of carbonyl (C=O) groups excluding carboxylic acids is 3. The molecule has 172 valence electrons. The van der Waals surface area contributed by atoms with Crippen LogP contribution in [0.1, 0.15) is 17.0 Å². The van der Waals surface area contributed by atoms with Crippen LogP contribution in [0.3, 0.4) is 0 Å². The van der Waals surface area contributed by atoms with Gasteiger partial charge in [0.05, 0.1) is 35.7 Å². The Morgan fingerprint density at radius 1 is 1.15 bits per heavy atom. The van der Waals surface area contributed by atoms with Gasteiger partial charge in [0, 0.05) is 23.7 Å². The molecule has 1 aliphatic rings. The Morgan fingerprint density at radius 2 is 1.91 bits per heavy atom. The SMILES string of the molecule is COc1cc([N+](=O)[O-])ccc1-n1c(C)cc(/C=C2\C(=O)NC(=O)N(c3cccnc3)C2=O)c1C. The van der Waals surface area contributed by atoms with Crippen LogP contribution in [0.15, 0.2) is 54.4 Å². The summed E-state index contributed by atoms with van der Waals surface area (Å²) in [6.45, 7) is 3.58. The van der Waals surface area contributed by atoms with E-state index in [9.17, 15) is 24.5 Å². The third kappa shape index (κ3) is 3.79. The lowest BCUT2D eigenvalue weighted by Crippen LogP contribution is -2.54. The molecule has 0 bridgehead atoms. The number of anilines is 1. The van der Waals surface area contributed by atoms with Crippen LogP contribution in [0.25, 0.3) is 11.8 Å². The molecule has 0 unspecified atom stereocenters. The summed E-state index contributed by atoms with van der Waals surface area (Å²) in [6.07, 6.45) is 4.25. The summed E-state index contributed by atoms with van der Waals surface area (Å²) in [5.74, 6) is -1.30. The quantitative estimate of drug-likeness (QED) is 0.267. The van der Waals surface area contributed by atoms with Gasteiger partial charge < -0.3 is 9.30 Å². The van der Waals surface area contributed by atoms with Gasteiger partial charge in [0.15, 0.2) is 0 Å². The first-order chi connectivity index (χ1) is 16.2. The number of nitro groups is 1. The van der Waals surface area contributed by atoms with E-state index in [1.807, 2.05) is 6.92 Å². The number of hydrogen-bond acceptors (Lipinski definition) is 7. The van der Waals surface area contributed by atoms with Gasteiger partial charge in [-0.15, -0.1) is 0 Å². The molecule has 1 saturated heterocycles. The fourth-order valence-corrected chi connectivity index (χ4v) is 3.80. The Hall–Kier alpha value is -4.80. The lowest BCUT2D eigenvalue weighted by Gasteiger charge is -2.26. The predicted molar refractivity (Wildman–Crippen MR) is 122 cm³/mol. The lowest BCUT2D eigenvalue weighted by molar-refractivity contribution is -0.384. The zero-order chi connectivity index (χ0) is 24.6. The van der Waals surface area contributed by atoms with Crippen molar-refractivity contribution >= 4 is 35.3 Å². The maximum Gasteiger partial charge on any atom is 0.336 e. The number of rotatable bonds is 5. The maximum atomic E-state index is 13.1.